The molecule has 4 nitrogen and oxygen atoms in total. The van der Waals surface area contributed by atoms with Gasteiger partial charge in [-0.1, -0.05) is 13.8 Å². The van der Waals surface area contributed by atoms with E-state index in [0.29, 0.717) is 6.61 Å². The van der Waals surface area contributed by atoms with E-state index in [4.69, 9.17) is 4.74 Å². The van der Waals surface area contributed by atoms with E-state index >= 15 is 0 Å². The van der Waals surface area contributed by atoms with Gasteiger partial charge < -0.3 is 10.1 Å². The molecule has 0 bridgehead atoms. The van der Waals surface area contributed by atoms with E-state index in [9.17, 15) is 0 Å². The Labute approximate surface area is 105 Å². The molecule has 0 saturated heterocycles. The molecular weight excluding hydrogens is 270 g/mol. The maximum Gasteiger partial charge on any atom is 0.0740 e. The zero-order chi connectivity index (χ0) is 12.0. The predicted octanol–water partition coefficient (Wildman–Crippen LogP) is 2.35. The van der Waals surface area contributed by atoms with Crippen molar-refractivity contribution in [3.63, 3.8) is 0 Å². The van der Waals surface area contributed by atoms with Gasteiger partial charge in [0.25, 0.3) is 0 Å². The summed E-state index contributed by atoms with van der Waals surface area (Å²) in [7, 11) is 1.72. The van der Waals surface area contributed by atoms with Gasteiger partial charge in [0.2, 0.25) is 0 Å². The van der Waals surface area contributed by atoms with Gasteiger partial charge >= 0.3 is 0 Å². The summed E-state index contributed by atoms with van der Waals surface area (Å²) >= 11 is 3.55. The van der Waals surface area contributed by atoms with Crippen LogP contribution in [0.1, 0.15) is 32.0 Å². The minimum atomic E-state index is 0.193. The molecular formula is C11H20BrN3O. The summed E-state index contributed by atoms with van der Waals surface area (Å²) in [6, 6.07) is 0.193. The fraction of sp³-hybridized carbons (Fsp3) is 0.727. The molecule has 92 valence electrons. The maximum atomic E-state index is 5.24. The van der Waals surface area contributed by atoms with Crippen molar-refractivity contribution in [1.82, 2.24) is 15.1 Å². The molecule has 0 aromatic carbocycles. The molecule has 0 aliphatic carbocycles. The molecule has 0 spiro atoms. The number of methoxy groups -OCH3 is 1. The molecule has 5 heteroatoms. The summed E-state index contributed by atoms with van der Waals surface area (Å²) in [5, 5.41) is 7.77. The monoisotopic (exact) mass is 289 g/mol. The minimum Gasteiger partial charge on any atom is -0.383 e. The average Bonchev–Trinajstić information content (AvgIpc) is 2.60. The molecule has 1 atom stereocenters. The van der Waals surface area contributed by atoms with Crippen LogP contribution in [0.15, 0.2) is 10.7 Å². The molecule has 1 rings (SSSR count). The second-order valence-corrected chi connectivity index (χ2v) is 4.52. The first-order valence-corrected chi connectivity index (χ1v) is 6.47. The van der Waals surface area contributed by atoms with E-state index in [1.165, 1.54) is 5.69 Å². The van der Waals surface area contributed by atoms with Crippen molar-refractivity contribution in [2.24, 2.45) is 0 Å². The highest BCUT2D eigenvalue weighted by Gasteiger charge is 2.18. The van der Waals surface area contributed by atoms with Crippen molar-refractivity contribution in [2.75, 3.05) is 20.3 Å². The zero-order valence-corrected chi connectivity index (χ0v) is 11.7. The van der Waals surface area contributed by atoms with Gasteiger partial charge in [-0.2, -0.15) is 5.10 Å². The van der Waals surface area contributed by atoms with Crippen LogP contribution in [-0.4, -0.2) is 30.0 Å². The lowest BCUT2D eigenvalue weighted by atomic mass is 10.2. The molecule has 0 amide bonds. The Morgan fingerprint density at radius 1 is 1.56 bits per heavy atom. The molecule has 1 aromatic heterocycles. The van der Waals surface area contributed by atoms with Gasteiger partial charge in [-0.05, 0) is 28.9 Å². The Balaban J connectivity index is 2.91. The lowest BCUT2D eigenvalue weighted by Gasteiger charge is -2.19. The Morgan fingerprint density at radius 2 is 2.31 bits per heavy atom. The van der Waals surface area contributed by atoms with Crippen LogP contribution in [0.2, 0.25) is 0 Å². The molecule has 0 fully saturated rings. The van der Waals surface area contributed by atoms with Crippen molar-refractivity contribution in [2.45, 2.75) is 32.9 Å². The third kappa shape index (κ3) is 3.30. The molecule has 0 radical (unpaired) electrons. The topological polar surface area (TPSA) is 39.1 Å². The van der Waals surface area contributed by atoms with E-state index in [1.807, 2.05) is 10.9 Å². The van der Waals surface area contributed by atoms with Crippen LogP contribution in [0.3, 0.4) is 0 Å². The molecule has 1 heterocycles. The van der Waals surface area contributed by atoms with Gasteiger partial charge in [0, 0.05) is 13.7 Å². The third-order valence-electron chi connectivity index (χ3n) is 2.38. The lowest BCUT2D eigenvalue weighted by molar-refractivity contribution is 0.163. The van der Waals surface area contributed by atoms with E-state index < -0.39 is 0 Å². The van der Waals surface area contributed by atoms with Crippen LogP contribution in [0.25, 0.3) is 0 Å². The van der Waals surface area contributed by atoms with Gasteiger partial charge in [-0.3, -0.25) is 4.68 Å². The Kier molecular flexibility index (Phi) is 6.01. The number of rotatable bonds is 7. The molecule has 1 aromatic rings. The number of nitrogens with one attached hydrogen (secondary N) is 1. The van der Waals surface area contributed by atoms with Crippen molar-refractivity contribution in [3.8, 4) is 0 Å². The van der Waals surface area contributed by atoms with E-state index in [0.717, 1.165) is 24.0 Å². The summed E-state index contributed by atoms with van der Waals surface area (Å²) in [5.74, 6) is 0. The van der Waals surface area contributed by atoms with Gasteiger partial charge in [0.15, 0.2) is 0 Å². The molecule has 16 heavy (non-hydrogen) atoms. The fourth-order valence-electron chi connectivity index (χ4n) is 1.76. The lowest BCUT2D eigenvalue weighted by Crippen LogP contribution is -2.27. The number of nitrogens with zero attached hydrogens (tertiary/aromatic N) is 2. The molecule has 1 unspecified atom stereocenters. The summed E-state index contributed by atoms with van der Waals surface area (Å²) in [5.41, 5.74) is 1.17. The normalized spacial score (nSPS) is 13.0. The van der Waals surface area contributed by atoms with E-state index in [1.54, 1.807) is 7.11 Å². The van der Waals surface area contributed by atoms with E-state index in [-0.39, 0.29) is 6.04 Å². The van der Waals surface area contributed by atoms with Gasteiger partial charge in [0.05, 0.1) is 29.0 Å². The molecule has 0 aliphatic rings. The maximum absolute atomic E-state index is 5.24. The van der Waals surface area contributed by atoms with Crippen molar-refractivity contribution >= 4 is 15.9 Å². The van der Waals surface area contributed by atoms with Crippen LogP contribution in [0.4, 0.5) is 0 Å². The molecule has 0 saturated carbocycles. The number of aromatic nitrogens is 2. The van der Waals surface area contributed by atoms with Crippen molar-refractivity contribution in [1.29, 1.82) is 0 Å². The van der Waals surface area contributed by atoms with Gasteiger partial charge in [-0.25, -0.2) is 0 Å². The highest BCUT2D eigenvalue weighted by atomic mass is 79.9. The average molecular weight is 290 g/mol. The summed E-state index contributed by atoms with van der Waals surface area (Å²) in [4.78, 5) is 0. The highest BCUT2D eigenvalue weighted by molar-refractivity contribution is 9.10. The number of halogens is 1. The first-order chi connectivity index (χ1) is 7.74. The smallest absolute Gasteiger partial charge is 0.0740 e. The number of ether oxygens (including phenoxy) is 1. The first kappa shape index (κ1) is 13.7. The van der Waals surface area contributed by atoms with E-state index in [2.05, 4.69) is 40.2 Å². The van der Waals surface area contributed by atoms with Crippen LogP contribution < -0.4 is 5.32 Å². The van der Waals surface area contributed by atoms with Crippen LogP contribution in [0, 0.1) is 0 Å². The number of likely N-dealkylation sites (N-methyl/N-ethyl adjacent to an activating group) is 1. The molecule has 1 N–H and O–H groups in total. The highest BCUT2D eigenvalue weighted by Crippen LogP contribution is 2.23. The first-order valence-electron chi connectivity index (χ1n) is 5.68. The third-order valence-corrected chi connectivity index (χ3v) is 2.99. The second-order valence-electron chi connectivity index (χ2n) is 3.67. The SMILES string of the molecule is CCCn1ncc(Br)c1C(COC)NCC. The Morgan fingerprint density at radius 3 is 2.88 bits per heavy atom. The van der Waals surface area contributed by atoms with Crippen molar-refractivity contribution < 1.29 is 4.74 Å². The van der Waals surface area contributed by atoms with Gasteiger partial charge in [0.1, 0.15) is 0 Å². The zero-order valence-electron chi connectivity index (χ0n) is 10.2. The van der Waals surface area contributed by atoms with Crippen LogP contribution in [-0.2, 0) is 11.3 Å². The van der Waals surface area contributed by atoms with Crippen molar-refractivity contribution in [3.05, 3.63) is 16.4 Å². The van der Waals surface area contributed by atoms with Crippen LogP contribution >= 0.6 is 15.9 Å². The summed E-state index contributed by atoms with van der Waals surface area (Å²) in [6.07, 6.45) is 2.93. The summed E-state index contributed by atoms with van der Waals surface area (Å²) in [6.45, 7) is 6.75. The number of aryl methyl sites for hydroxylation is 1. The fourth-order valence-corrected chi connectivity index (χ4v) is 2.33. The Bertz CT molecular complexity index is 308. The molecule has 0 aliphatic heterocycles. The largest absolute Gasteiger partial charge is 0.383 e. The van der Waals surface area contributed by atoms with Gasteiger partial charge in [-0.15, -0.1) is 0 Å². The minimum absolute atomic E-state index is 0.193. The standard InChI is InChI=1S/C11H20BrN3O/c1-4-6-15-11(9(12)7-14-15)10(8-16-3)13-5-2/h7,10,13H,4-6,8H2,1-3H3. The quantitative estimate of drug-likeness (QED) is 0.838. The second kappa shape index (κ2) is 7.04. The van der Waals surface area contributed by atoms with Crippen LogP contribution in [0.5, 0.6) is 0 Å². The predicted molar refractivity (Wildman–Crippen MR) is 68.5 cm³/mol. The number of hydrogen-bond donors (Lipinski definition) is 1. The Hall–Kier alpha value is -0.390. The number of hydrogen-bond acceptors (Lipinski definition) is 3. The summed E-state index contributed by atoms with van der Waals surface area (Å²) < 4.78 is 8.33.